The Morgan fingerprint density at radius 1 is 1.14 bits per heavy atom. The van der Waals surface area contributed by atoms with E-state index >= 15 is 0 Å². The van der Waals surface area contributed by atoms with E-state index in [0.717, 1.165) is 53.9 Å². The molecule has 176 valence electrons. The predicted octanol–water partition coefficient (Wildman–Crippen LogP) is 4.69. The molecule has 2 heterocycles. The normalized spacial score (nSPS) is 14.8. The van der Waals surface area contributed by atoms with E-state index in [1.807, 2.05) is 41.3 Å². The minimum absolute atomic E-state index is 0.0258. The summed E-state index contributed by atoms with van der Waals surface area (Å²) >= 11 is 0. The van der Waals surface area contributed by atoms with Crippen LogP contribution in [0.2, 0.25) is 0 Å². The summed E-state index contributed by atoms with van der Waals surface area (Å²) in [7, 11) is 0. The molecule has 1 aliphatic heterocycles. The van der Waals surface area contributed by atoms with Gasteiger partial charge in [-0.25, -0.2) is 16.5 Å². The van der Waals surface area contributed by atoms with Crippen LogP contribution in [-0.4, -0.2) is 45.8 Å². The van der Waals surface area contributed by atoms with Crippen molar-refractivity contribution in [2.75, 3.05) is 23.7 Å². The molecule has 3 aromatic rings. The lowest BCUT2D eigenvalue weighted by Crippen LogP contribution is -2.40. The van der Waals surface area contributed by atoms with Crippen LogP contribution in [0.4, 0.5) is 17.3 Å². The van der Waals surface area contributed by atoms with Gasteiger partial charge in [0.25, 0.3) is 5.91 Å². The summed E-state index contributed by atoms with van der Waals surface area (Å²) in [5.41, 5.74) is 4.43. The zero-order valence-corrected chi connectivity index (χ0v) is 19.3. The molecule has 0 bridgehead atoms. The second-order valence-corrected chi connectivity index (χ2v) is 8.86. The molecule has 2 aromatic carbocycles. The van der Waals surface area contributed by atoms with Crippen LogP contribution in [0.3, 0.4) is 0 Å². The van der Waals surface area contributed by atoms with Crippen molar-refractivity contribution >= 4 is 29.1 Å². The number of rotatable bonds is 6. The lowest BCUT2D eigenvalue weighted by atomic mass is 10.1. The van der Waals surface area contributed by atoms with Crippen LogP contribution in [0.25, 0.3) is 16.1 Å². The van der Waals surface area contributed by atoms with Gasteiger partial charge in [-0.15, -0.1) is 0 Å². The molecule has 1 aromatic heterocycles. The van der Waals surface area contributed by atoms with E-state index in [1.54, 1.807) is 18.3 Å². The first kappa shape index (κ1) is 22.5. The largest absolute Gasteiger partial charge is 0.328 e. The molecular weight excluding hydrogens is 440 g/mol. The summed E-state index contributed by atoms with van der Waals surface area (Å²) in [6, 6.07) is 15.1. The molecular formula is C27H26N6O2. The van der Waals surface area contributed by atoms with Gasteiger partial charge >= 0.3 is 0 Å². The number of hydrogen-bond acceptors (Lipinski definition) is 5. The number of benzene rings is 2. The Labute approximate surface area is 204 Å². The summed E-state index contributed by atoms with van der Waals surface area (Å²) in [5.74, 6) is 0.294. The molecule has 0 spiro atoms. The Balaban J connectivity index is 1.35. The van der Waals surface area contributed by atoms with Gasteiger partial charge in [0.2, 0.25) is 18.4 Å². The van der Waals surface area contributed by atoms with Crippen LogP contribution in [0, 0.1) is 6.57 Å². The number of carbonyl (C=O) groups excluding carboxylic acids is 2. The SMILES string of the molecule is [C-]#[N+]CCN(C(=O)c1ccc(Nc2ncc3c(n2)-c2ccccc2NC(=O)C3)cc1)C1CCCC1. The first-order valence-electron chi connectivity index (χ1n) is 11.9. The van der Waals surface area contributed by atoms with Crippen molar-refractivity contribution in [3.05, 3.63) is 77.3 Å². The zero-order valence-electron chi connectivity index (χ0n) is 19.3. The minimum Gasteiger partial charge on any atom is -0.328 e. The van der Waals surface area contributed by atoms with Crippen LogP contribution in [0.5, 0.6) is 0 Å². The van der Waals surface area contributed by atoms with E-state index < -0.39 is 0 Å². The second kappa shape index (κ2) is 9.94. The van der Waals surface area contributed by atoms with Crippen LogP contribution >= 0.6 is 0 Å². The summed E-state index contributed by atoms with van der Waals surface area (Å²) in [5, 5.41) is 6.13. The van der Waals surface area contributed by atoms with E-state index in [9.17, 15) is 9.59 Å². The van der Waals surface area contributed by atoms with Crippen molar-refractivity contribution in [1.82, 2.24) is 14.9 Å². The molecule has 0 saturated heterocycles. The molecule has 0 atom stereocenters. The van der Waals surface area contributed by atoms with Crippen molar-refractivity contribution in [2.24, 2.45) is 0 Å². The summed E-state index contributed by atoms with van der Waals surface area (Å²) < 4.78 is 0. The molecule has 1 saturated carbocycles. The number of amides is 2. The van der Waals surface area contributed by atoms with E-state index in [-0.39, 0.29) is 24.3 Å². The van der Waals surface area contributed by atoms with Crippen molar-refractivity contribution in [3.8, 4) is 11.3 Å². The standard InChI is InChI=1S/C27H26N6O2/c1-28-14-15-33(21-6-2-3-7-21)26(35)18-10-12-20(13-11-18)30-27-29-17-19-16-24(34)31-23-9-5-4-8-22(23)25(19)32-27/h4-5,8-13,17,21H,2-3,6-7,14-16H2,(H,31,34)(H,29,30,32). The number of aromatic nitrogens is 2. The maximum absolute atomic E-state index is 13.2. The summed E-state index contributed by atoms with van der Waals surface area (Å²) in [4.78, 5) is 39.8. The topological polar surface area (TPSA) is 91.6 Å². The maximum atomic E-state index is 13.2. The van der Waals surface area contributed by atoms with Gasteiger partial charge in [0.1, 0.15) is 0 Å². The lowest BCUT2D eigenvalue weighted by molar-refractivity contribution is -0.115. The van der Waals surface area contributed by atoms with E-state index in [0.29, 0.717) is 24.6 Å². The number of anilines is 3. The Morgan fingerprint density at radius 3 is 2.69 bits per heavy atom. The molecule has 2 aliphatic rings. The predicted molar refractivity (Wildman–Crippen MR) is 134 cm³/mol. The zero-order chi connectivity index (χ0) is 24.2. The third-order valence-electron chi connectivity index (χ3n) is 6.54. The molecule has 0 unspecified atom stereocenters. The third-order valence-corrected chi connectivity index (χ3v) is 6.54. The van der Waals surface area contributed by atoms with E-state index in [4.69, 9.17) is 11.6 Å². The average Bonchev–Trinajstić information content (AvgIpc) is 3.36. The van der Waals surface area contributed by atoms with Gasteiger partial charge in [0.15, 0.2) is 0 Å². The molecule has 1 fully saturated rings. The highest BCUT2D eigenvalue weighted by Crippen LogP contribution is 2.33. The smallest absolute Gasteiger partial charge is 0.254 e. The van der Waals surface area contributed by atoms with Crippen molar-refractivity contribution < 1.29 is 9.59 Å². The van der Waals surface area contributed by atoms with Gasteiger partial charge in [-0.05, 0) is 43.2 Å². The highest BCUT2D eigenvalue weighted by atomic mass is 16.2. The first-order valence-corrected chi connectivity index (χ1v) is 11.9. The van der Waals surface area contributed by atoms with Crippen molar-refractivity contribution in [3.63, 3.8) is 0 Å². The van der Waals surface area contributed by atoms with Crippen molar-refractivity contribution in [2.45, 2.75) is 38.1 Å². The number of nitrogens with one attached hydrogen (secondary N) is 2. The van der Waals surface area contributed by atoms with Gasteiger partial charge in [-0.3, -0.25) is 9.59 Å². The Morgan fingerprint density at radius 2 is 1.91 bits per heavy atom. The summed E-state index contributed by atoms with van der Waals surface area (Å²) in [6.07, 6.45) is 6.16. The Hall–Kier alpha value is -4.25. The highest BCUT2D eigenvalue weighted by molar-refractivity contribution is 6.00. The lowest BCUT2D eigenvalue weighted by Gasteiger charge is -2.27. The summed E-state index contributed by atoms with van der Waals surface area (Å²) in [6.45, 7) is 7.90. The molecule has 8 heteroatoms. The number of carbonyl (C=O) groups is 2. The van der Waals surface area contributed by atoms with Crippen LogP contribution in [0.15, 0.2) is 54.7 Å². The fourth-order valence-electron chi connectivity index (χ4n) is 4.81. The van der Waals surface area contributed by atoms with Gasteiger partial charge in [0.05, 0.1) is 24.3 Å². The fourth-order valence-corrected chi connectivity index (χ4v) is 4.81. The van der Waals surface area contributed by atoms with Gasteiger partial charge in [-0.1, -0.05) is 31.0 Å². The number of nitrogens with zero attached hydrogens (tertiary/aromatic N) is 4. The quantitative estimate of drug-likeness (QED) is 0.515. The molecule has 2 N–H and O–H groups in total. The molecule has 2 amide bonds. The number of hydrogen-bond donors (Lipinski definition) is 2. The molecule has 5 rings (SSSR count). The van der Waals surface area contributed by atoms with Gasteiger partial charge in [0, 0.05) is 34.6 Å². The molecule has 8 nitrogen and oxygen atoms in total. The van der Waals surface area contributed by atoms with Crippen molar-refractivity contribution in [1.29, 1.82) is 0 Å². The fraction of sp³-hybridized carbons (Fsp3) is 0.296. The maximum Gasteiger partial charge on any atom is 0.254 e. The Kier molecular flexibility index (Phi) is 6.40. The third kappa shape index (κ3) is 4.85. The van der Waals surface area contributed by atoms with Gasteiger partial charge in [-0.2, -0.15) is 0 Å². The monoisotopic (exact) mass is 466 g/mol. The number of para-hydroxylation sites is 1. The molecule has 35 heavy (non-hydrogen) atoms. The average molecular weight is 467 g/mol. The first-order chi connectivity index (χ1) is 17.1. The Bertz CT molecular complexity index is 1290. The second-order valence-electron chi connectivity index (χ2n) is 8.86. The van der Waals surface area contributed by atoms with Gasteiger partial charge < -0.3 is 20.4 Å². The van der Waals surface area contributed by atoms with Crippen LogP contribution in [-0.2, 0) is 11.2 Å². The molecule has 0 radical (unpaired) electrons. The minimum atomic E-state index is -0.0937. The van der Waals surface area contributed by atoms with Crippen LogP contribution in [0.1, 0.15) is 41.6 Å². The van der Waals surface area contributed by atoms with E-state index in [2.05, 4.69) is 20.5 Å². The number of fused-ring (bicyclic) bond motifs is 3. The van der Waals surface area contributed by atoms with E-state index in [1.165, 1.54) is 0 Å². The van der Waals surface area contributed by atoms with Crippen LogP contribution < -0.4 is 10.6 Å². The highest BCUT2D eigenvalue weighted by Gasteiger charge is 2.28. The molecule has 1 aliphatic carbocycles.